The Kier molecular flexibility index (Phi) is 5.92. The Morgan fingerprint density at radius 2 is 2.03 bits per heavy atom. The molecule has 0 aliphatic rings. The highest BCUT2D eigenvalue weighted by Gasteiger charge is 2.32. The largest absolute Gasteiger partial charge is 0.433 e. The summed E-state index contributed by atoms with van der Waals surface area (Å²) in [6.45, 7) is 7.14. The summed E-state index contributed by atoms with van der Waals surface area (Å²) in [4.78, 5) is 12.7. The van der Waals surface area contributed by atoms with Gasteiger partial charge in [0.05, 0.1) is 4.88 Å². The number of nitrogens with zero attached hydrogens (tertiary/aromatic N) is 4. The summed E-state index contributed by atoms with van der Waals surface area (Å²) in [7, 11) is 0. The van der Waals surface area contributed by atoms with Crippen molar-refractivity contribution in [3.05, 3.63) is 59.1 Å². The van der Waals surface area contributed by atoms with Gasteiger partial charge in [0, 0.05) is 36.6 Å². The van der Waals surface area contributed by atoms with Gasteiger partial charge in [-0.05, 0) is 43.2 Å². The fraction of sp³-hybridized carbons (Fsp3) is 0.158. The van der Waals surface area contributed by atoms with Gasteiger partial charge in [-0.15, -0.1) is 11.3 Å². The van der Waals surface area contributed by atoms with Crippen LogP contribution in [0.5, 0.6) is 0 Å². The molecule has 0 fully saturated rings. The number of hydrogen-bond acceptors (Lipinski definition) is 7. The van der Waals surface area contributed by atoms with Gasteiger partial charge >= 0.3 is 6.18 Å². The van der Waals surface area contributed by atoms with E-state index in [1.54, 1.807) is 18.5 Å². The lowest BCUT2D eigenvalue weighted by Crippen LogP contribution is -2.10. The van der Waals surface area contributed by atoms with Crippen molar-refractivity contribution in [2.75, 3.05) is 5.32 Å². The average Bonchev–Trinajstić information content (AvgIpc) is 3.15. The van der Waals surface area contributed by atoms with Gasteiger partial charge in [0.2, 0.25) is 5.95 Å². The fourth-order valence-corrected chi connectivity index (χ4v) is 3.37. The Morgan fingerprint density at radius 3 is 2.76 bits per heavy atom. The zero-order valence-corrected chi connectivity index (χ0v) is 16.4. The van der Waals surface area contributed by atoms with Gasteiger partial charge < -0.3 is 5.32 Å². The Bertz CT molecular complexity index is 1060. The van der Waals surface area contributed by atoms with Gasteiger partial charge in [0.15, 0.2) is 0 Å². The third-order valence-electron chi connectivity index (χ3n) is 3.78. The number of hydrogen-bond donors (Lipinski definition) is 2. The third-order valence-corrected chi connectivity index (χ3v) is 4.96. The molecule has 6 nitrogen and oxygen atoms in total. The van der Waals surface area contributed by atoms with Crippen molar-refractivity contribution in [2.24, 2.45) is 5.10 Å². The summed E-state index contributed by atoms with van der Waals surface area (Å²) >= 11 is 1.48. The average molecular weight is 418 g/mol. The summed E-state index contributed by atoms with van der Waals surface area (Å²) in [6, 6.07) is 6.42. The highest BCUT2D eigenvalue weighted by atomic mass is 32.1. The topological polar surface area (TPSA) is 75.1 Å². The molecule has 10 heteroatoms. The molecular formula is C19H17F3N6S. The first kappa shape index (κ1) is 20.5. The SMILES string of the molecule is C=NN/C=C(\C)c1ncc(-c2cc(C)cc(Nc3nccc(C(F)(F)F)n3)c2)s1. The predicted molar refractivity (Wildman–Crippen MR) is 109 cm³/mol. The lowest BCUT2D eigenvalue weighted by molar-refractivity contribution is -0.141. The Hall–Kier alpha value is -3.27. The van der Waals surface area contributed by atoms with Crippen LogP contribution in [0.2, 0.25) is 0 Å². The van der Waals surface area contributed by atoms with Gasteiger partial charge in [0.25, 0.3) is 0 Å². The van der Waals surface area contributed by atoms with E-state index >= 15 is 0 Å². The fourth-order valence-electron chi connectivity index (χ4n) is 2.50. The summed E-state index contributed by atoms with van der Waals surface area (Å²) in [5, 5.41) is 7.22. The maximum Gasteiger partial charge on any atom is 0.433 e. The number of allylic oxidation sites excluding steroid dienone is 1. The molecule has 0 bridgehead atoms. The van der Waals surface area contributed by atoms with Crippen LogP contribution in [-0.4, -0.2) is 21.7 Å². The monoisotopic (exact) mass is 418 g/mol. The van der Waals surface area contributed by atoms with Gasteiger partial charge in [-0.2, -0.15) is 18.3 Å². The predicted octanol–water partition coefficient (Wildman–Crippen LogP) is 5.24. The third kappa shape index (κ3) is 5.17. The standard InChI is InChI=1S/C19H17F3N6S/c1-11-6-13(15-10-25-17(29-15)12(2)9-26-23-3)8-14(7-11)27-18-24-5-4-16(28-18)19(20,21)22/h4-10,26H,3H2,1-2H3,(H,24,27,28)/b12-9+. The number of aromatic nitrogens is 3. The number of benzene rings is 1. The molecule has 0 unspecified atom stereocenters. The van der Waals surface area contributed by atoms with E-state index in [9.17, 15) is 13.2 Å². The molecule has 2 aromatic heterocycles. The molecule has 0 radical (unpaired) electrons. The highest BCUT2D eigenvalue weighted by molar-refractivity contribution is 7.16. The minimum atomic E-state index is -4.53. The zero-order valence-electron chi connectivity index (χ0n) is 15.6. The molecular weight excluding hydrogens is 401 g/mol. The van der Waals surface area contributed by atoms with E-state index in [2.05, 4.69) is 37.5 Å². The van der Waals surface area contributed by atoms with Gasteiger partial charge in [-0.25, -0.2) is 15.0 Å². The van der Waals surface area contributed by atoms with Crippen molar-refractivity contribution in [2.45, 2.75) is 20.0 Å². The molecule has 1 aromatic carbocycles. The molecule has 150 valence electrons. The van der Waals surface area contributed by atoms with Crippen LogP contribution in [0, 0.1) is 6.92 Å². The molecule has 0 saturated heterocycles. The van der Waals surface area contributed by atoms with Crippen LogP contribution in [0.1, 0.15) is 23.2 Å². The molecule has 0 spiro atoms. The van der Waals surface area contributed by atoms with E-state index in [0.717, 1.165) is 38.8 Å². The molecule has 0 amide bonds. The molecule has 29 heavy (non-hydrogen) atoms. The van der Waals surface area contributed by atoms with E-state index in [1.807, 2.05) is 26.0 Å². The Balaban J connectivity index is 1.88. The van der Waals surface area contributed by atoms with Crippen molar-refractivity contribution in [1.82, 2.24) is 20.4 Å². The molecule has 0 saturated carbocycles. The minimum absolute atomic E-state index is 0.122. The van der Waals surface area contributed by atoms with E-state index in [0.29, 0.717) is 5.69 Å². The number of nitrogens with one attached hydrogen (secondary N) is 2. The minimum Gasteiger partial charge on any atom is -0.324 e. The first-order chi connectivity index (χ1) is 13.8. The quantitative estimate of drug-likeness (QED) is 0.423. The van der Waals surface area contributed by atoms with Gasteiger partial charge in [-0.3, -0.25) is 5.43 Å². The summed E-state index contributed by atoms with van der Waals surface area (Å²) in [5.41, 5.74) is 4.96. The number of hydrazone groups is 1. The molecule has 2 heterocycles. The van der Waals surface area contributed by atoms with E-state index in [4.69, 9.17) is 0 Å². The normalized spacial score (nSPS) is 12.0. The zero-order chi connectivity index (χ0) is 21.0. The van der Waals surface area contributed by atoms with E-state index in [1.165, 1.54) is 11.3 Å². The summed E-state index contributed by atoms with van der Waals surface area (Å²) in [6.07, 6.45) is -0.00899. The summed E-state index contributed by atoms with van der Waals surface area (Å²) in [5.74, 6) is -0.122. The van der Waals surface area contributed by atoms with E-state index in [-0.39, 0.29) is 5.95 Å². The van der Waals surface area contributed by atoms with Gasteiger partial charge in [0.1, 0.15) is 10.7 Å². The van der Waals surface area contributed by atoms with Crippen molar-refractivity contribution < 1.29 is 13.2 Å². The number of halogens is 3. The smallest absolute Gasteiger partial charge is 0.324 e. The van der Waals surface area contributed by atoms with Crippen LogP contribution in [-0.2, 0) is 6.18 Å². The van der Waals surface area contributed by atoms with Crippen molar-refractivity contribution in [3.8, 4) is 10.4 Å². The van der Waals surface area contributed by atoms with Crippen LogP contribution in [0.15, 0.2) is 48.0 Å². The number of aryl methyl sites for hydroxylation is 1. The second-order valence-electron chi connectivity index (χ2n) is 6.12. The lowest BCUT2D eigenvalue weighted by Gasteiger charge is -2.10. The maximum atomic E-state index is 12.9. The van der Waals surface area contributed by atoms with Crippen LogP contribution >= 0.6 is 11.3 Å². The molecule has 2 N–H and O–H groups in total. The van der Waals surface area contributed by atoms with Crippen molar-refractivity contribution in [1.29, 1.82) is 0 Å². The first-order valence-electron chi connectivity index (χ1n) is 8.40. The molecule has 3 rings (SSSR count). The maximum absolute atomic E-state index is 12.9. The van der Waals surface area contributed by atoms with Crippen LogP contribution in [0.3, 0.4) is 0 Å². The first-order valence-corrected chi connectivity index (χ1v) is 9.21. The molecule has 0 aliphatic heterocycles. The Labute approximate surface area is 169 Å². The number of rotatable bonds is 6. The van der Waals surface area contributed by atoms with Crippen molar-refractivity contribution in [3.63, 3.8) is 0 Å². The number of anilines is 2. The number of alkyl halides is 3. The second kappa shape index (κ2) is 8.39. The molecule has 0 aliphatic carbocycles. The lowest BCUT2D eigenvalue weighted by atomic mass is 10.1. The Morgan fingerprint density at radius 1 is 1.24 bits per heavy atom. The van der Waals surface area contributed by atoms with Crippen LogP contribution < -0.4 is 10.7 Å². The molecule has 3 aromatic rings. The second-order valence-corrected chi connectivity index (χ2v) is 7.15. The van der Waals surface area contributed by atoms with Gasteiger partial charge in [-0.1, -0.05) is 6.07 Å². The van der Waals surface area contributed by atoms with Crippen LogP contribution in [0.25, 0.3) is 16.0 Å². The van der Waals surface area contributed by atoms with E-state index < -0.39 is 11.9 Å². The number of thiazole rings is 1. The highest BCUT2D eigenvalue weighted by Crippen LogP contribution is 2.33. The van der Waals surface area contributed by atoms with Crippen molar-refractivity contribution >= 4 is 35.3 Å². The molecule has 0 atom stereocenters. The van der Waals surface area contributed by atoms with Crippen LogP contribution in [0.4, 0.5) is 24.8 Å². The summed E-state index contributed by atoms with van der Waals surface area (Å²) < 4.78 is 38.6.